The molecule has 0 aliphatic heterocycles. The molecular formula is C114H192O18S6. The first-order valence-corrected chi connectivity index (χ1v) is 61.7. The standard InChI is InChI=1S/6C19H32O3S/c1-5-16(2)10-8-6-7-9-11-17(3)18-12-14-19(15-13-18)23(20,21)22-4;1-5-6-9-16(2)10-7-8-11-17(3)18-12-14-19(15-13-18)23(20,21)22-4;1-5-6-7-8-9-16(2)10-11-17(3)18-12-14-19(15-13-18)23(20,21)22-4;1-5-6-7-8-9-10-16(2)15-17(3)18-11-13-19(14-12-18)23(20,21)22-4;1-4-5-10-16(2)11-6-7-12-17(3)19-14-9-8-13-18(19)15-23(20,21)22;1-4-5-6-7-8-9-10-11-12-17(2)18-13-15-19(16-14-18)23(20,21)22-3/h3*12-17H,5-11H2,1-4H3;11-14,16-17H,5-10,15H2,1-4H3;8-9,13-14,16-17H,4-7,10-12,15H2,1-3H3,(H,20,21,22);13-17H,4-12H2,1-3H3. The van der Waals surface area contributed by atoms with Crippen molar-refractivity contribution in [3.63, 3.8) is 0 Å². The van der Waals surface area contributed by atoms with E-state index in [0.717, 1.165) is 79.7 Å². The van der Waals surface area contributed by atoms with Gasteiger partial charge in [0.05, 0.1) is 60.0 Å². The molecule has 11 atom stereocenters. The van der Waals surface area contributed by atoms with Gasteiger partial charge in [0, 0.05) is 0 Å². The van der Waals surface area contributed by atoms with E-state index in [2.05, 4.69) is 139 Å². The third-order valence-corrected chi connectivity index (χ3v) is 34.6. The number of hydrogen-bond acceptors (Lipinski definition) is 17. The molecule has 0 bridgehead atoms. The van der Waals surface area contributed by atoms with Gasteiger partial charge in [0.15, 0.2) is 0 Å². The van der Waals surface area contributed by atoms with Gasteiger partial charge in [-0.2, -0.15) is 50.5 Å². The number of benzene rings is 6. The summed E-state index contributed by atoms with van der Waals surface area (Å²) in [6.45, 7) is 38.4. The van der Waals surface area contributed by atoms with Crippen molar-refractivity contribution in [1.29, 1.82) is 0 Å². The van der Waals surface area contributed by atoms with Crippen LogP contribution in [0.5, 0.6) is 0 Å². The summed E-state index contributed by atoms with van der Waals surface area (Å²) in [4.78, 5) is 1.12. The fourth-order valence-corrected chi connectivity index (χ4v) is 21.3. The molecule has 6 rings (SSSR count). The Morgan fingerprint density at radius 1 is 0.225 bits per heavy atom. The van der Waals surface area contributed by atoms with Gasteiger partial charge in [-0.3, -0.25) is 25.5 Å². The van der Waals surface area contributed by atoms with E-state index in [1.165, 1.54) is 301 Å². The van der Waals surface area contributed by atoms with Crippen molar-refractivity contribution in [3.8, 4) is 0 Å². The van der Waals surface area contributed by atoms with Crippen LogP contribution in [-0.4, -0.2) is 90.6 Å². The van der Waals surface area contributed by atoms with Gasteiger partial charge in [-0.15, -0.1) is 0 Å². The Hall–Kier alpha value is -5.22. The van der Waals surface area contributed by atoms with Crippen LogP contribution < -0.4 is 0 Å². The molecule has 18 nitrogen and oxygen atoms in total. The summed E-state index contributed by atoms with van der Waals surface area (Å²) in [5.41, 5.74) is 7.74. The smallest absolute Gasteiger partial charge is 0.285 e. The lowest BCUT2D eigenvalue weighted by Crippen LogP contribution is -2.06. The average Bonchev–Trinajstić information content (AvgIpc) is 0.953. The van der Waals surface area contributed by atoms with Crippen molar-refractivity contribution in [2.75, 3.05) is 35.5 Å². The van der Waals surface area contributed by atoms with Gasteiger partial charge in [-0.05, 0) is 203 Å². The van der Waals surface area contributed by atoms with Crippen molar-refractivity contribution in [1.82, 2.24) is 0 Å². The van der Waals surface area contributed by atoms with Crippen LogP contribution in [0.3, 0.4) is 0 Å². The summed E-state index contributed by atoms with van der Waals surface area (Å²) in [5, 5.41) is 0. The van der Waals surface area contributed by atoms with Gasteiger partial charge >= 0.3 is 0 Å². The molecular weight excluding hydrogens is 1850 g/mol. The summed E-state index contributed by atoms with van der Waals surface area (Å²) in [5.74, 6) is 6.28. The van der Waals surface area contributed by atoms with E-state index < -0.39 is 60.7 Å². The van der Waals surface area contributed by atoms with Crippen LogP contribution in [0.25, 0.3) is 0 Å². The molecule has 0 radical (unpaired) electrons. The molecule has 0 heterocycles. The molecule has 0 saturated carbocycles. The fourth-order valence-electron chi connectivity index (χ4n) is 17.4. The predicted octanol–water partition coefficient (Wildman–Crippen LogP) is 33.3. The summed E-state index contributed by atoms with van der Waals surface area (Å²) >= 11 is 0. The Bertz CT molecular complexity index is 4780. The Morgan fingerprint density at radius 3 is 0.732 bits per heavy atom. The van der Waals surface area contributed by atoms with Crippen molar-refractivity contribution in [2.24, 2.45) is 29.6 Å². The van der Waals surface area contributed by atoms with Crippen molar-refractivity contribution >= 4 is 60.7 Å². The van der Waals surface area contributed by atoms with E-state index in [4.69, 9.17) is 4.55 Å². The van der Waals surface area contributed by atoms with Crippen molar-refractivity contribution in [3.05, 3.63) is 185 Å². The fraction of sp³-hybridized carbons (Fsp3) is 0.684. The average molecular weight is 2040 g/mol. The predicted molar refractivity (Wildman–Crippen MR) is 578 cm³/mol. The second-order valence-corrected chi connectivity index (χ2v) is 49.7. The summed E-state index contributed by atoms with van der Waals surface area (Å²) in [6.07, 6.45) is 56.5. The van der Waals surface area contributed by atoms with E-state index in [9.17, 15) is 50.5 Å². The van der Waals surface area contributed by atoms with Gasteiger partial charge in [0.2, 0.25) is 0 Å². The highest BCUT2D eigenvalue weighted by molar-refractivity contribution is 7.88. The molecule has 0 spiro atoms. The summed E-state index contributed by atoms with van der Waals surface area (Å²) in [7, 11) is -15.9. The maximum atomic E-state index is 11.6. The quantitative estimate of drug-likeness (QED) is 0.0211. The zero-order chi connectivity index (χ0) is 104. The van der Waals surface area contributed by atoms with Crippen LogP contribution in [0, 0.1) is 29.6 Å². The first-order valence-electron chi connectivity index (χ1n) is 53.0. The lowest BCUT2D eigenvalue weighted by molar-refractivity contribution is 0.396. The second kappa shape index (κ2) is 74.6. The lowest BCUT2D eigenvalue weighted by Gasteiger charge is -2.18. The van der Waals surface area contributed by atoms with E-state index in [-0.39, 0.29) is 30.2 Å². The largest absolute Gasteiger partial charge is 0.296 e. The molecule has 1 N–H and O–H groups in total. The Labute approximate surface area is 846 Å². The van der Waals surface area contributed by atoms with Crippen LogP contribution in [0.15, 0.2) is 170 Å². The lowest BCUT2D eigenvalue weighted by atomic mass is 9.88. The molecule has 0 aromatic heterocycles. The molecule has 0 saturated heterocycles. The number of hydrogen-bond donors (Lipinski definition) is 1. The van der Waals surface area contributed by atoms with Crippen LogP contribution in [0.4, 0.5) is 0 Å². The third kappa shape index (κ3) is 58.1. The summed E-state index contributed by atoms with van der Waals surface area (Å²) < 4.78 is 170. The van der Waals surface area contributed by atoms with Crippen molar-refractivity contribution in [2.45, 2.75) is 466 Å². The SMILES string of the molecule is CCC(C)CCCCCCC(C)c1ccc(S(=O)(=O)OC)cc1.CCCCC(C)CCCCC(C)c1ccc(S(=O)(=O)OC)cc1.CCCCC(C)CCCCC(C)c1ccccc1CS(=O)(=O)O.CCCCCCC(C)CCC(C)c1ccc(S(=O)(=O)OC)cc1.CCCCCCCC(C)CC(C)c1ccc(S(=O)(=O)OC)cc1.CCCCCCCCCCC(C)c1ccc(S(=O)(=O)OC)cc1. The topological polar surface area (TPSA) is 271 Å². The molecule has 6 aromatic rings. The Kier molecular flexibility index (Phi) is 70.7. The molecule has 11 unspecified atom stereocenters. The molecule has 792 valence electrons. The van der Waals surface area contributed by atoms with Gasteiger partial charge in [-0.1, -0.05) is 447 Å². The highest BCUT2D eigenvalue weighted by Crippen LogP contribution is 2.34. The van der Waals surface area contributed by atoms with Crippen LogP contribution in [0.1, 0.15) is 475 Å². The van der Waals surface area contributed by atoms with Crippen molar-refractivity contribution < 1.29 is 76.0 Å². The van der Waals surface area contributed by atoms with Crippen LogP contribution in [-0.2, 0) is 87.4 Å². The molecule has 0 fully saturated rings. The monoisotopic (exact) mass is 2040 g/mol. The summed E-state index contributed by atoms with van der Waals surface area (Å²) in [6, 6.07) is 43.0. The van der Waals surface area contributed by atoms with Gasteiger partial charge < -0.3 is 0 Å². The zero-order valence-electron chi connectivity index (χ0n) is 89.9. The highest BCUT2D eigenvalue weighted by atomic mass is 32.2. The van der Waals surface area contributed by atoms with Gasteiger partial charge in [0.25, 0.3) is 60.7 Å². The zero-order valence-corrected chi connectivity index (χ0v) is 94.8. The van der Waals surface area contributed by atoms with E-state index in [1.807, 2.05) is 78.9 Å². The highest BCUT2D eigenvalue weighted by Gasteiger charge is 2.23. The number of rotatable bonds is 67. The molecule has 0 amide bonds. The minimum Gasteiger partial charge on any atom is -0.285 e. The van der Waals surface area contributed by atoms with E-state index in [1.54, 1.807) is 66.7 Å². The minimum atomic E-state index is -3.98. The first kappa shape index (κ1) is 131. The number of unbranched alkanes of at least 4 members (excludes halogenated alkanes) is 21. The molecule has 24 heteroatoms. The third-order valence-electron chi connectivity index (χ3n) is 27.5. The van der Waals surface area contributed by atoms with Crippen LogP contribution in [0.2, 0.25) is 0 Å². The minimum absolute atomic E-state index is 0.222. The Morgan fingerprint density at radius 2 is 0.442 bits per heavy atom. The van der Waals surface area contributed by atoms with Gasteiger partial charge in [-0.25, -0.2) is 0 Å². The Balaban J connectivity index is 0.000000828. The normalized spacial score (nSPS) is 14.4. The van der Waals surface area contributed by atoms with Crippen LogP contribution >= 0.6 is 0 Å². The maximum absolute atomic E-state index is 11.6. The maximum Gasteiger partial charge on any atom is 0.296 e. The molecule has 6 aromatic carbocycles. The van der Waals surface area contributed by atoms with E-state index in [0.29, 0.717) is 41.4 Å². The second-order valence-electron chi connectivity index (χ2n) is 39.7. The van der Waals surface area contributed by atoms with E-state index >= 15 is 0 Å². The molecule has 138 heavy (non-hydrogen) atoms. The molecule has 0 aliphatic rings. The van der Waals surface area contributed by atoms with Gasteiger partial charge in [0.1, 0.15) is 5.75 Å². The first-order chi connectivity index (χ1) is 65.4. The molecule has 0 aliphatic carbocycles.